The van der Waals surface area contributed by atoms with Crippen molar-refractivity contribution in [2.75, 3.05) is 0 Å². The normalized spacial score (nSPS) is 12.0. The van der Waals surface area contributed by atoms with Crippen LogP contribution in [0.15, 0.2) is 125 Å². The Balaban J connectivity index is 0.00000401. The average Bonchev–Trinajstić information content (AvgIpc) is 3.38. The van der Waals surface area contributed by atoms with Gasteiger partial charge in [-0.15, -0.1) is 23.8 Å². The Hall–Kier alpha value is -4.18. The van der Waals surface area contributed by atoms with E-state index in [2.05, 4.69) is 136 Å². The summed E-state index contributed by atoms with van der Waals surface area (Å²) < 4.78 is 2.14. The first-order valence-corrected chi connectivity index (χ1v) is 16.8. The molecule has 7 rings (SSSR count). The fraction of sp³-hybridized carbons (Fsp3) is 0.190. The number of phenolic OH excluding ortho intramolecular Hbond substituents is 1. The van der Waals surface area contributed by atoms with Gasteiger partial charge >= 0.3 is 0 Å². The van der Waals surface area contributed by atoms with Gasteiger partial charge in [0.05, 0.1) is 16.2 Å². The monoisotopic (exact) mass is 827 g/mol. The van der Waals surface area contributed by atoms with Gasteiger partial charge in [-0.2, -0.15) is 0 Å². The average molecular weight is 828 g/mol. The summed E-state index contributed by atoms with van der Waals surface area (Å²) in [5.74, 6) is 0.284. The molecule has 0 unspecified atom stereocenters. The van der Waals surface area contributed by atoms with Crippen molar-refractivity contribution in [3.05, 3.63) is 133 Å². The van der Waals surface area contributed by atoms with Gasteiger partial charge in [0.1, 0.15) is 11.4 Å². The van der Waals surface area contributed by atoms with Gasteiger partial charge in [0, 0.05) is 43.6 Å². The van der Waals surface area contributed by atoms with Crippen molar-refractivity contribution in [2.45, 2.75) is 62.3 Å². The summed E-state index contributed by atoms with van der Waals surface area (Å²) in [6.45, 7) is 13.1. The van der Waals surface area contributed by atoms with E-state index in [1.807, 2.05) is 36.5 Å². The molecule has 4 nitrogen and oxygen atoms in total. The largest absolute Gasteiger partial charge is 0.505 e. The molecule has 3 heterocycles. The van der Waals surface area contributed by atoms with Gasteiger partial charge in [0.25, 0.3) is 0 Å². The van der Waals surface area contributed by atoms with E-state index in [1.54, 1.807) is 11.8 Å². The molecule has 0 aliphatic rings. The van der Waals surface area contributed by atoms with Crippen molar-refractivity contribution in [1.29, 1.82) is 0 Å². The number of phenols is 1. The Morgan fingerprint density at radius 1 is 0.708 bits per heavy atom. The second-order valence-electron chi connectivity index (χ2n) is 14.1. The molecular formula is C42H38N3OPtS-. The number of fused-ring (bicyclic) bond motifs is 3. The minimum absolute atomic E-state index is 0. The summed E-state index contributed by atoms with van der Waals surface area (Å²) in [4.78, 5) is 10.9. The quantitative estimate of drug-likeness (QED) is 0.176. The summed E-state index contributed by atoms with van der Waals surface area (Å²) in [5, 5.41) is 15.0. The Morgan fingerprint density at radius 2 is 1.44 bits per heavy atom. The van der Waals surface area contributed by atoms with Crippen LogP contribution in [0.4, 0.5) is 0 Å². The van der Waals surface area contributed by atoms with Gasteiger partial charge in [0.2, 0.25) is 0 Å². The number of aromatic hydroxyl groups is 1. The second-order valence-corrected chi connectivity index (χ2v) is 15.2. The topological polar surface area (TPSA) is 50.9 Å². The first kappa shape index (κ1) is 33.7. The molecule has 1 N–H and O–H groups in total. The molecule has 0 spiro atoms. The van der Waals surface area contributed by atoms with Crippen LogP contribution in [-0.4, -0.2) is 19.6 Å². The van der Waals surface area contributed by atoms with Crippen molar-refractivity contribution in [2.24, 2.45) is 0 Å². The van der Waals surface area contributed by atoms with Crippen LogP contribution in [0, 0.1) is 6.07 Å². The van der Waals surface area contributed by atoms with Gasteiger partial charge in [-0.1, -0.05) is 137 Å². The zero-order chi connectivity index (χ0) is 32.9. The van der Waals surface area contributed by atoms with Gasteiger partial charge in [0.15, 0.2) is 0 Å². The number of rotatable bonds is 5. The molecule has 0 saturated carbocycles. The van der Waals surface area contributed by atoms with Crippen LogP contribution < -0.4 is 0 Å². The van der Waals surface area contributed by atoms with Crippen molar-refractivity contribution in [1.82, 2.24) is 14.5 Å². The van der Waals surface area contributed by atoms with E-state index in [4.69, 9.17) is 4.98 Å². The van der Waals surface area contributed by atoms with Crippen LogP contribution in [-0.2, 0) is 31.9 Å². The van der Waals surface area contributed by atoms with E-state index in [0.717, 1.165) is 71.1 Å². The molecule has 0 radical (unpaired) electrons. The molecule has 0 aliphatic heterocycles. The molecule has 6 heteroatoms. The van der Waals surface area contributed by atoms with E-state index in [1.165, 1.54) is 0 Å². The third-order valence-electron chi connectivity index (χ3n) is 8.61. The molecule has 0 saturated heterocycles. The van der Waals surface area contributed by atoms with Crippen LogP contribution in [0.3, 0.4) is 0 Å². The van der Waals surface area contributed by atoms with Gasteiger partial charge in [-0.3, -0.25) is 9.55 Å². The summed E-state index contributed by atoms with van der Waals surface area (Å²) in [6.07, 6.45) is 1.81. The van der Waals surface area contributed by atoms with Crippen LogP contribution >= 0.6 is 11.8 Å². The Kier molecular flexibility index (Phi) is 9.15. The van der Waals surface area contributed by atoms with E-state index >= 15 is 0 Å². The maximum absolute atomic E-state index is 12.0. The molecule has 4 aromatic carbocycles. The fourth-order valence-corrected chi connectivity index (χ4v) is 6.91. The van der Waals surface area contributed by atoms with Crippen molar-refractivity contribution in [3.8, 4) is 33.8 Å². The summed E-state index contributed by atoms with van der Waals surface area (Å²) >= 11 is 1.59. The Labute approximate surface area is 301 Å². The molecule has 0 fully saturated rings. The van der Waals surface area contributed by atoms with Crippen molar-refractivity contribution >= 4 is 33.7 Å². The summed E-state index contributed by atoms with van der Waals surface area (Å²) in [6, 6.07) is 41.2. The first-order valence-electron chi connectivity index (χ1n) is 16.0. The van der Waals surface area contributed by atoms with E-state index in [9.17, 15) is 5.11 Å². The molecule has 0 atom stereocenters. The Bertz CT molecular complexity index is 2250. The summed E-state index contributed by atoms with van der Waals surface area (Å²) in [5.41, 5.74) is 8.16. The standard InChI is InChI=1S/C42H38N3OS.Pt/c1-41(2,3)30-25-34(42(4,5)6)39(46)37(26-30)45-36-17-11-10-16-32(36)33-19-20-35(44-40(33)45)29-22-28(27-14-8-7-9-15-27)23-31(24-29)47-38-18-12-13-21-43-38;/h7-23,25-26,46H,1-6H3;/q-1;. The van der Waals surface area contributed by atoms with Gasteiger partial charge < -0.3 is 5.11 Å². The minimum Gasteiger partial charge on any atom is -0.505 e. The number of nitrogens with zero attached hydrogens (tertiary/aromatic N) is 3. The zero-order valence-electron chi connectivity index (χ0n) is 28.0. The number of benzene rings is 4. The van der Waals surface area contributed by atoms with E-state index < -0.39 is 0 Å². The molecule has 0 bridgehead atoms. The van der Waals surface area contributed by atoms with Gasteiger partial charge in [-0.05, 0) is 51.9 Å². The molecule has 0 aliphatic carbocycles. The molecule has 244 valence electrons. The number of pyridine rings is 2. The third kappa shape index (κ3) is 6.46. The second kappa shape index (κ2) is 13.0. The van der Waals surface area contributed by atoms with Gasteiger partial charge in [-0.25, -0.2) is 4.98 Å². The molecule has 0 amide bonds. The Morgan fingerprint density at radius 3 is 2.15 bits per heavy atom. The molecule has 48 heavy (non-hydrogen) atoms. The molecule has 3 aromatic heterocycles. The minimum atomic E-state index is -0.258. The molecular weight excluding hydrogens is 790 g/mol. The maximum atomic E-state index is 12.0. The van der Waals surface area contributed by atoms with E-state index in [0.29, 0.717) is 0 Å². The fourth-order valence-electron chi connectivity index (χ4n) is 6.08. The SMILES string of the molecule is CC(C)(C)c1cc(-n2c3ccccc3c3ccc(-c4[c-]c(Sc5ccccn5)cc(-c5ccccc5)c4)nc32)c(O)c(C(C)(C)C)c1.[Pt]. The predicted molar refractivity (Wildman–Crippen MR) is 196 cm³/mol. The maximum Gasteiger partial charge on any atom is 0.143 e. The number of para-hydroxylation sites is 1. The van der Waals surface area contributed by atoms with Crippen molar-refractivity contribution in [3.63, 3.8) is 0 Å². The number of aromatic nitrogens is 3. The predicted octanol–water partition coefficient (Wildman–Crippen LogP) is 11.2. The summed E-state index contributed by atoms with van der Waals surface area (Å²) in [7, 11) is 0. The smallest absolute Gasteiger partial charge is 0.143 e. The first-order chi connectivity index (χ1) is 22.5. The van der Waals surface area contributed by atoms with Crippen LogP contribution in [0.5, 0.6) is 5.75 Å². The van der Waals surface area contributed by atoms with Crippen LogP contribution in [0.2, 0.25) is 0 Å². The zero-order valence-corrected chi connectivity index (χ0v) is 31.1. The van der Waals surface area contributed by atoms with Crippen LogP contribution in [0.1, 0.15) is 52.7 Å². The third-order valence-corrected chi connectivity index (χ3v) is 9.50. The van der Waals surface area contributed by atoms with Crippen molar-refractivity contribution < 1.29 is 26.2 Å². The molecule has 7 aromatic rings. The number of hydrogen-bond donors (Lipinski definition) is 1. The van der Waals surface area contributed by atoms with Crippen LogP contribution in [0.25, 0.3) is 50.0 Å². The number of hydrogen-bond acceptors (Lipinski definition) is 4. The van der Waals surface area contributed by atoms with E-state index in [-0.39, 0.29) is 37.6 Å².